The lowest BCUT2D eigenvalue weighted by Gasteiger charge is -2.16. The lowest BCUT2D eigenvalue weighted by atomic mass is 10.1. The van der Waals surface area contributed by atoms with E-state index in [-0.39, 0.29) is 17.6 Å². The van der Waals surface area contributed by atoms with Gasteiger partial charge in [-0.25, -0.2) is 9.59 Å². The molecule has 0 heterocycles. The maximum atomic E-state index is 12.6. The number of methoxy groups -OCH3 is 1. The molecule has 0 aliphatic heterocycles. The lowest BCUT2D eigenvalue weighted by Crippen LogP contribution is -2.34. The minimum absolute atomic E-state index is 0.215. The third-order valence-electron chi connectivity index (χ3n) is 4.27. The molecule has 1 saturated carbocycles. The third-order valence-corrected chi connectivity index (χ3v) is 4.27. The van der Waals surface area contributed by atoms with Crippen molar-refractivity contribution in [1.82, 2.24) is 10.6 Å². The second-order valence-electron chi connectivity index (χ2n) is 6.47. The molecule has 1 unspecified atom stereocenters. The van der Waals surface area contributed by atoms with Crippen molar-refractivity contribution in [3.05, 3.63) is 59.7 Å². The molecule has 0 spiro atoms. The second kappa shape index (κ2) is 8.43. The molecule has 28 heavy (non-hydrogen) atoms. The molecule has 1 aliphatic carbocycles. The molecule has 0 aromatic heterocycles. The summed E-state index contributed by atoms with van der Waals surface area (Å²) in [5.74, 6) is -1.16. The molecule has 0 saturated heterocycles. The van der Waals surface area contributed by atoms with E-state index >= 15 is 0 Å². The predicted octanol–water partition coefficient (Wildman–Crippen LogP) is 2.53. The molecular weight excluding hydrogens is 362 g/mol. The van der Waals surface area contributed by atoms with Gasteiger partial charge in [0.25, 0.3) is 5.91 Å². The van der Waals surface area contributed by atoms with Crippen LogP contribution in [0.25, 0.3) is 0 Å². The van der Waals surface area contributed by atoms with Gasteiger partial charge in [0.1, 0.15) is 5.75 Å². The van der Waals surface area contributed by atoms with E-state index in [0.717, 1.165) is 12.8 Å². The van der Waals surface area contributed by atoms with Crippen LogP contribution in [-0.2, 0) is 4.79 Å². The summed E-state index contributed by atoms with van der Waals surface area (Å²) in [4.78, 5) is 36.0. The maximum Gasteiger partial charge on any atom is 0.330 e. The highest BCUT2D eigenvalue weighted by Crippen LogP contribution is 2.20. The zero-order chi connectivity index (χ0) is 20.1. The first kappa shape index (κ1) is 19.2. The van der Waals surface area contributed by atoms with Gasteiger partial charge in [0.2, 0.25) is 0 Å². The van der Waals surface area contributed by atoms with Gasteiger partial charge >= 0.3 is 12.0 Å². The minimum Gasteiger partial charge on any atom is -0.497 e. The van der Waals surface area contributed by atoms with E-state index in [9.17, 15) is 19.5 Å². The number of ether oxygens (including phenoxy) is 1. The monoisotopic (exact) mass is 383 g/mol. The Bertz CT molecular complexity index is 878. The van der Waals surface area contributed by atoms with Crippen molar-refractivity contribution < 1.29 is 24.2 Å². The number of anilines is 1. The fraction of sp³-hybridized carbons (Fsp3) is 0.250. The van der Waals surface area contributed by atoms with Crippen LogP contribution in [0.15, 0.2) is 48.5 Å². The molecule has 1 atom stereocenters. The average molecular weight is 383 g/mol. The quantitative estimate of drug-likeness (QED) is 0.586. The Balaban J connectivity index is 1.69. The first-order chi connectivity index (χ1) is 13.5. The van der Waals surface area contributed by atoms with Crippen LogP contribution < -0.4 is 20.7 Å². The molecule has 2 aromatic rings. The second-order valence-corrected chi connectivity index (χ2v) is 6.47. The average Bonchev–Trinajstić information content (AvgIpc) is 3.49. The summed E-state index contributed by atoms with van der Waals surface area (Å²) in [6.07, 6.45) is 1.94. The van der Waals surface area contributed by atoms with Crippen molar-refractivity contribution in [2.75, 3.05) is 12.4 Å². The van der Waals surface area contributed by atoms with Crippen LogP contribution in [0.3, 0.4) is 0 Å². The first-order valence-electron chi connectivity index (χ1n) is 8.81. The number of nitrogens with one attached hydrogen (secondary N) is 3. The van der Waals surface area contributed by atoms with E-state index in [2.05, 4.69) is 16.0 Å². The van der Waals surface area contributed by atoms with Crippen LogP contribution in [0.2, 0.25) is 0 Å². The van der Waals surface area contributed by atoms with E-state index in [1.807, 2.05) is 0 Å². The van der Waals surface area contributed by atoms with Crippen molar-refractivity contribution in [3.8, 4) is 5.75 Å². The zero-order valence-corrected chi connectivity index (χ0v) is 15.3. The maximum absolute atomic E-state index is 12.6. The Morgan fingerprint density at radius 1 is 1.11 bits per heavy atom. The number of carbonyl (C=O) groups is 3. The molecule has 3 rings (SSSR count). The van der Waals surface area contributed by atoms with Crippen LogP contribution in [0.5, 0.6) is 5.75 Å². The number of carboxylic acids is 1. The lowest BCUT2D eigenvalue weighted by molar-refractivity contribution is -0.139. The van der Waals surface area contributed by atoms with Crippen molar-refractivity contribution in [2.45, 2.75) is 24.9 Å². The van der Waals surface area contributed by atoms with E-state index in [4.69, 9.17) is 4.74 Å². The number of hydrogen-bond donors (Lipinski definition) is 4. The number of urea groups is 1. The smallest absolute Gasteiger partial charge is 0.330 e. The number of amides is 3. The molecule has 146 valence electrons. The van der Waals surface area contributed by atoms with Crippen molar-refractivity contribution >= 4 is 23.6 Å². The summed E-state index contributed by atoms with van der Waals surface area (Å²) < 4.78 is 5.06. The van der Waals surface area contributed by atoms with Gasteiger partial charge < -0.3 is 25.8 Å². The molecule has 4 N–H and O–H groups in total. The molecule has 2 aromatic carbocycles. The summed E-state index contributed by atoms with van der Waals surface area (Å²) >= 11 is 0. The summed E-state index contributed by atoms with van der Waals surface area (Å²) in [7, 11) is 1.51. The Hall–Kier alpha value is -3.55. The molecule has 8 heteroatoms. The molecule has 1 aliphatic rings. The fourth-order valence-corrected chi connectivity index (χ4v) is 2.62. The van der Waals surface area contributed by atoms with E-state index in [0.29, 0.717) is 17.0 Å². The highest BCUT2D eigenvalue weighted by molar-refractivity contribution is 5.98. The fourth-order valence-electron chi connectivity index (χ4n) is 2.62. The molecular formula is C20H21N3O5. The van der Waals surface area contributed by atoms with Gasteiger partial charge in [-0.2, -0.15) is 0 Å². The number of aliphatic carboxylic acids is 1. The van der Waals surface area contributed by atoms with Crippen molar-refractivity contribution in [3.63, 3.8) is 0 Å². The number of rotatable bonds is 7. The Morgan fingerprint density at radius 2 is 1.82 bits per heavy atom. The number of hydrogen-bond acceptors (Lipinski definition) is 4. The van der Waals surface area contributed by atoms with E-state index in [1.54, 1.807) is 42.5 Å². The number of carbonyl (C=O) groups excluding carboxylic acids is 2. The van der Waals surface area contributed by atoms with Gasteiger partial charge in [0.05, 0.1) is 7.11 Å². The largest absolute Gasteiger partial charge is 0.497 e. The Labute approximate surface area is 161 Å². The summed E-state index contributed by atoms with van der Waals surface area (Å²) in [5, 5.41) is 17.5. The molecule has 0 radical (unpaired) electrons. The summed E-state index contributed by atoms with van der Waals surface area (Å²) in [6, 6.07) is 11.4. The SMILES string of the molecule is COc1ccc(C(NC(=O)c2cccc(NC(=O)NC3CC3)c2)C(=O)O)cc1. The topological polar surface area (TPSA) is 117 Å². The highest BCUT2D eigenvalue weighted by atomic mass is 16.5. The molecule has 8 nitrogen and oxygen atoms in total. The third kappa shape index (κ3) is 5.00. The van der Waals surface area contributed by atoms with Gasteiger partial charge in [-0.3, -0.25) is 4.79 Å². The standard InChI is InChI=1S/C20H21N3O5/c1-28-16-9-5-12(6-10-16)17(19(25)26)23-18(24)13-3-2-4-15(11-13)22-20(27)21-14-7-8-14/h2-6,9-11,14,17H,7-8H2,1H3,(H,23,24)(H,25,26)(H2,21,22,27). The predicted molar refractivity (Wildman–Crippen MR) is 102 cm³/mol. The van der Waals surface area contributed by atoms with Gasteiger partial charge in [-0.1, -0.05) is 18.2 Å². The normalized spacial score (nSPS) is 13.9. The van der Waals surface area contributed by atoms with E-state index < -0.39 is 17.9 Å². The number of carboxylic acid groups (broad SMARTS) is 1. The van der Waals surface area contributed by atoms with Gasteiger partial charge in [-0.05, 0) is 48.7 Å². The van der Waals surface area contributed by atoms with Gasteiger partial charge in [-0.15, -0.1) is 0 Å². The van der Waals surface area contributed by atoms with Gasteiger partial charge in [0.15, 0.2) is 6.04 Å². The Kier molecular flexibility index (Phi) is 5.78. The van der Waals surface area contributed by atoms with Crippen LogP contribution in [0, 0.1) is 0 Å². The molecule has 1 fully saturated rings. The first-order valence-corrected chi connectivity index (χ1v) is 8.81. The van der Waals surface area contributed by atoms with Crippen LogP contribution >= 0.6 is 0 Å². The van der Waals surface area contributed by atoms with Crippen molar-refractivity contribution in [1.29, 1.82) is 0 Å². The van der Waals surface area contributed by atoms with Crippen LogP contribution in [-0.4, -0.2) is 36.2 Å². The van der Waals surface area contributed by atoms with Gasteiger partial charge in [0, 0.05) is 17.3 Å². The van der Waals surface area contributed by atoms with Crippen LogP contribution in [0.4, 0.5) is 10.5 Å². The Morgan fingerprint density at radius 3 is 2.43 bits per heavy atom. The van der Waals surface area contributed by atoms with Crippen molar-refractivity contribution in [2.24, 2.45) is 0 Å². The molecule has 0 bridgehead atoms. The summed E-state index contributed by atoms with van der Waals surface area (Å²) in [6.45, 7) is 0. The highest BCUT2D eigenvalue weighted by Gasteiger charge is 2.24. The molecule has 3 amide bonds. The zero-order valence-electron chi connectivity index (χ0n) is 15.3. The summed E-state index contributed by atoms with van der Waals surface area (Å²) in [5.41, 5.74) is 1.10. The van der Waals surface area contributed by atoms with E-state index in [1.165, 1.54) is 13.2 Å². The number of benzene rings is 2. The minimum atomic E-state index is -1.21. The van der Waals surface area contributed by atoms with Crippen LogP contribution in [0.1, 0.15) is 34.8 Å².